The lowest BCUT2D eigenvalue weighted by molar-refractivity contribution is -0.272. The van der Waals surface area contributed by atoms with Gasteiger partial charge in [-0.2, -0.15) is 17.6 Å². The summed E-state index contributed by atoms with van der Waals surface area (Å²) in [5.74, 6) is -8.32. The van der Waals surface area contributed by atoms with Gasteiger partial charge in [0, 0.05) is 29.3 Å². The van der Waals surface area contributed by atoms with Gasteiger partial charge in [0.15, 0.2) is 17.2 Å². The van der Waals surface area contributed by atoms with Crippen LogP contribution in [0.4, 0.5) is 27.6 Å². The van der Waals surface area contributed by atoms with E-state index >= 15 is 0 Å². The third kappa shape index (κ3) is 4.97. The molecule has 1 aliphatic heterocycles. The number of amides is 2. The molecule has 1 aromatic carbocycles. The van der Waals surface area contributed by atoms with Crippen molar-refractivity contribution in [2.45, 2.75) is 56.1 Å². The van der Waals surface area contributed by atoms with Crippen molar-refractivity contribution in [1.82, 2.24) is 4.98 Å². The van der Waals surface area contributed by atoms with Gasteiger partial charge in [0.2, 0.25) is 5.82 Å². The molecule has 1 saturated carbocycles. The van der Waals surface area contributed by atoms with Gasteiger partial charge in [-0.15, -0.1) is 0 Å². The summed E-state index contributed by atoms with van der Waals surface area (Å²) in [6.07, 6.45) is -4.88. The van der Waals surface area contributed by atoms with Gasteiger partial charge in [-0.05, 0) is 38.0 Å². The van der Waals surface area contributed by atoms with Gasteiger partial charge in [-0.25, -0.2) is 4.39 Å². The molecule has 0 bridgehead atoms. The number of anilines is 1. The van der Waals surface area contributed by atoms with E-state index in [4.69, 9.17) is 15.2 Å². The zero-order chi connectivity index (χ0) is 27.3. The molecule has 0 spiro atoms. The number of hydrogen-bond acceptors (Lipinski definition) is 6. The largest absolute Gasteiger partial charge is 0.487 e. The number of benzene rings is 1. The molecule has 4 N–H and O–H groups in total. The molecule has 1 aliphatic carbocycles. The summed E-state index contributed by atoms with van der Waals surface area (Å²) in [6, 6.07) is 4.16. The monoisotopic (exact) mass is 529 g/mol. The van der Waals surface area contributed by atoms with Crippen molar-refractivity contribution < 1.29 is 46.1 Å². The topological polar surface area (TPSA) is 124 Å². The molecule has 37 heavy (non-hydrogen) atoms. The highest BCUT2D eigenvalue weighted by Crippen LogP contribution is 2.55. The Bertz CT molecular complexity index is 1240. The Morgan fingerprint density at radius 1 is 1.27 bits per heavy atom. The lowest BCUT2D eigenvalue weighted by Gasteiger charge is -2.32. The highest BCUT2D eigenvalue weighted by molar-refractivity contribution is 5.97. The van der Waals surface area contributed by atoms with Crippen LogP contribution in [-0.2, 0) is 9.53 Å². The number of nitrogens with zero attached hydrogens (tertiary/aromatic N) is 1. The van der Waals surface area contributed by atoms with Gasteiger partial charge in [0.1, 0.15) is 18.4 Å². The first-order valence-corrected chi connectivity index (χ1v) is 11.3. The van der Waals surface area contributed by atoms with E-state index in [2.05, 4.69) is 10.3 Å². The zero-order valence-corrected chi connectivity index (χ0v) is 19.7. The molecular formula is C24H24F5N3O5. The summed E-state index contributed by atoms with van der Waals surface area (Å²) in [7, 11) is 0. The molecule has 200 valence electrons. The summed E-state index contributed by atoms with van der Waals surface area (Å²) in [4.78, 5) is 28.4. The quantitative estimate of drug-likeness (QED) is 0.473. The third-order valence-electron chi connectivity index (χ3n) is 6.96. The average molecular weight is 529 g/mol. The van der Waals surface area contributed by atoms with E-state index in [1.165, 1.54) is 13.0 Å². The van der Waals surface area contributed by atoms with Crippen molar-refractivity contribution in [3.8, 4) is 5.75 Å². The molecule has 13 heteroatoms. The maximum Gasteiger partial charge on any atom is 0.417 e. The van der Waals surface area contributed by atoms with Crippen LogP contribution in [0.25, 0.3) is 0 Å². The maximum atomic E-state index is 14.9. The Kier molecular flexibility index (Phi) is 6.65. The summed E-state index contributed by atoms with van der Waals surface area (Å²) < 4.78 is 82.1. The van der Waals surface area contributed by atoms with Crippen LogP contribution in [0.2, 0.25) is 0 Å². The van der Waals surface area contributed by atoms with Gasteiger partial charge < -0.3 is 25.6 Å². The molecule has 1 aromatic heterocycles. The van der Waals surface area contributed by atoms with Crippen LogP contribution in [0.5, 0.6) is 5.75 Å². The molecule has 4 atom stereocenters. The number of primary amides is 1. The first-order chi connectivity index (χ1) is 17.2. The van der Waals surface area contributed by atoms with E-state index in [1.807, 2.05) is 0 Å². The van der Waals surface area contributed by atoms with Crippen LogP contribution in [0.1, 0.15) is 48.7 Å². The Labute approximate surface area is 208 Å². The molecular weight excluding hydrogens is 505 g/mol. The smallest absolute Gasteiger partial charge is 0.417 e. The van der Waals surface area contributed by atoms with Crippen LogP contribution in [0.15, 0.2) is 30.5 Å². The van der Waals surface area contributed by atoms with Gasteiger partial charge in [-0.3, -0.25) is 14.6 Å². The van der Waals surface area contributed by atoms with E-state index in [9.17, 15) is 36.6 Å². The molecule has 1 saturated heterocycles. The van der Waals surface area contributed by atoms with Gasteiger partial charge in [-0.1, -0.05) is 13.0 Å². The minimum atomic E-state index is -4.93. The van der Waals surface area contributed by atoms with Crippen LogP contribution < -0.4 is 15.8 Å². The number of ether oxygens (including phenoxy) is 2. The summed E-state index contributed by atoms with van der Waals surface area (Å²) in [5, 5.41) is 12.5. The van der Waals surface area contributed by atoms with Gasteiger partial charge in [0.25, 0.3) is 11.8 Å². The Hall–Kier alpha value is -3.32. The fourth-order valence-electron chi connectivity index (χ4n) is 4.33. The molecule has 0 radical (unpaired) electrons. The lowest BCUT2D eigenvalue weighted by Crippen LogP contribution is -2.47. The van der Waals surface area contributed by atoms with Crippen molar-refractivity contribution >= 4 is 17.5 Å². The van der Waals surface area contributed by atoms with E-state index in [0.717, 1.165) is 31.3 Å². The number of pyridine rings is 1. The van der Waals surface area contributed by atoms with Gasteiger partial charge in [0.05, 0.1) is 5.60 Å². The first-order valence-electron chi connectivity index (χ1n) is 11.3. The molecule has 8 nitrogen and oxygen atoms in total. The highest BCUT2D eigenvalue weighted by Gasteiger charge is 2.66. The number of nitrogens with one attached hydrogen (secondary N) is 1. The number of alkyl halides is 3. The van der Waals surface area contributed by atoms with E-state index in [1.54, 1.807) is 0 Å². The standard InChI is InChI=1S/C24H24F5N3O5/c1-11-16(13-3-4-14(25)17(26)18(13)36-10-23(35)6-7-23)19(37-22(11,2)24(27,28)29)21(34)32-12-5-8-31-15(9-12)20(30)33/h3-5,8-9,11,16,19,35H,6-7,10H2,1-2H3,(H2,30,33)(H,31,32,34)/t11-,16-,19+,22+/m0/s1. The van der Waals surface area contributed by atoms with Crippen molar-refractivity contribution in [1.29, 1.82) is 0 Å². The van der Waals surface area contributed by atoms with E-state index < -0.39 is 71.1 Å². The van der Waals surface area contributed by atoms with Crippen molar-refractivity contribution in [2.75, 3.05) is 11.9 Å². The lowest BCUT2D eigenvalue weighted by atomic mass is 9.77. The third-order valence-corrected chi connectivity index (χ3v) is 6.96. The number of hydrogen-bond donors (Lipinski definition) is 3. The fourth-order valence-corrected chi connectivity index (χ4v) is 4.33. The second-order valence-electron chi connectivity index (χ2n) is 9.53. The van der Waals surface area contributed by atoms with Crippen LogP contribution in [-0.4, -0.2) is 52.0 Å². The van der Waals surface area contributed by atoms with Crippen LogP contribution >= 0.6 is 0 Å². The number of carbonyl (C=O) groups excluding carboxylic acids is 2. The van der Waals surface area contributed by atoms with Crippen molar-refractivity contribution in [3.05, 3.63) is 53.4 Å². The summed E-state index contributed by atoms with van der Waals surface area (Å²) in [6.45, 7) is 1.54. The summed E-state index contributed by atoms with van der Waals surface area (Å²) in [5.41, 5.74) is 0.667. The van der Waals surface area contributed by atoms with E-state index in [0.29, 0.717) is 12.8 Å². The molecule has 2 amide bonds. The number of aliphatic hydroxyl groups is 1. The normalized spacial score (nSPS) is 26.5. The number of carbonyl (C=O) groups is 2. The number of halogens is 5. The van der Waals surface area contributed by atoms with Crippen LogP contribution in [0.3, 0.4) is 0 Å². The SMILES string of the molecule is C[C@H]1[C@@H](c2ccc(F)c(F)c2OCC2(O)CC2)[C@H](C(=O)Nc2ccnc(C(N)=O)c2)O[C@@]1(C)C(F)(F)F. The molecule has 0 unspecified atom stereocenters. The second kappa shape index (κ2) is 9.21. The minimum absolute atomic E-state index is 0.00197. The summed E-state index contributed by atoms with van der Waals surface area (Å²) >= 11 is 0. The zero-order valence-electron chi connectivity index (χ0n) is 19.7. The predicted molar refractivity (Wildman–Crippen MR) is 119 cm³/mol. The molecule has 2 fully saturated rings. The van der Waals surface area contributed by atoms with Crippen molar-refractivity contribution in [2.24, 2.45) is 11.7 Å². The average Bonchev–Trinajstić information content (AvgIpc) is 3.49. The molecule has 2 aromatic rings. The molecule has 2 aliphatic rings. The highest BCUT2D eigenvalue weighted by atomic mass is 19.4. The maximum absolute atomic E-state index is 14.9. The Balaban J connectivity index is 1.75. The van der Waals surface area contributed by atoms with E-state index in [-0.39, 0.29) is 16.9 Å². The minimum Gasteiger partial charge on any atom is -0.487 e. The number of aromatic nitrogens is 1. The van der Waals surface area contributed by atoms with Crippen molar-refractivity contribution in [3.63, 3.8) is 0 Å². The Morgan fingerprint density at radius 3 is 2.54 bits per heavy atom. The van der Waals surface area contributed by atoms with Gasteiger partial charge >= 0.3 is 6.18 Å². The fraction of sp³-hybridized carbons (Fsp3) is 0.458. The van der Waals surface area contributed by atoms with Crippen LogP contribution in [0, 0.1) is 17.6 Å². The number of nitrogens with two attached hydrogens (primary N) is 1. The number of rotatable bonds is 7. The molecule has 4 rings (SSSR count). The molecule has 2 heterocycles. The first kappa shape index (κ1) is 26.7. The second-order valence-corrected chi connectivity index (χ2v) is 9.53. The predicted octanol–water partition coefficient (Wildman–Crippen LogP) is 3.44. The Morgan fingerprint density at radius 2 is 1.95 bits per heavy atom.